The molecule has 39 heavy (non-hydrogen) atoms. The molecule has 4 heterocycles. The molecule has 0 spiro atoms. The van der Waals surface area contributed by atoms with Crippen molar-refractivity contribution >= 4 is 61.4 Å². The second kappa shape index (κ2) is 7.71. The lowest BCUT2D eigenvalue weighted by molar-refractivity contribution is -0.136. The molecule has 0 bridgehead atoms. The van der Waals surface area contributed by atoms with Gasteiger partial charge in [0.1, 0.15) is 0 Å². The number of fused-ring (bicyclic) bond motifs is 10. The summed E-state index contributed by atoms with van der Waals surface area (Å²) in [6, 6.07) is 15.8. The van der Waals surface area contributed by atoms with Crippen molar-refractivity contribution in [2.24, 2.45) is 0 Å². The molecule has 5 aromatic rings. The molecule has 1 aliphatic carbocycles. The molecule has 3 aliphatic rings. The summed E-state index contributed by atoms with van der Waals surface area (Å²) in [5, 5.41) is 7.74. The molecule has 2 atom stereocenters. The number of hydrazine groups is 2. The van der Waals surface area contributed by atoms with Crippen molar-refractivity contribution in [2.45, 2.75) is 18.5 Å². The first kappa shape index (κ1) is 21.9. The Morgan fingerprint density at radius 1 is 0.923 bits per heavy atom. The highest BCUT2D eigenvalue weighted by Gasteiger charge is 2.37. The van der Waals surface area contributed by atoms with Crippen molar-refractivity contribution in [3.8, 4) is 0 Å². The highest BCUT2D eigenvalue weighted by atomic mass is 16.5. The number of esters is 1. The van der Waals surface area contributed by atoms with Crippen LogP contribution in [0.2, 0.25) is 0 Å². The zero-order valence-corrected chi connectivity index (χ0v) is 20.7. The first-order chi connectivity index (χ1) is 19.0. The smallest absolute Gasteiger partial charge is 0.357 e. The number of hydrogen-bond acceptors (Lipinski definition) is 7. The van der Waals surface area contributed by atoms with E-state index in [0.717, 1.165) is 43.6 Å². The molecule has 0 saturated heterocycles. The third kappa shape index (κ3) is 2.86. The maximum atomic E-state index is 13.3. The Labute approximate surface area is 220 Å². The normalized spacial score (nSPS) is 20.3. The van der Waals surface area contributed by atoms with E-state index in [1.807, 2.05) is 47.5 Å². The summed E-state index contributed by atoms with van der Waals surface area (Å²) in [5.74, 6) is -1.19. The van der Waals surface area contributed by atoms with E-state index in [4.69, 9.17) is 4.74 Å². The fraction of sp³-hybridized carbons (Fsp3) is 0.138. The number of nitrogens with one attached hydrogen (secondary N) is 4. The highest BCUT2D eigenvalue weighted by molar-refractivity contribution is 6.39. The van der Waals surface area contributed by atoms with Crippen molar-refractivity contribution in [1.82, 2.24) is 30.8 Å². The van der Waals surface area contributed by atoms with Crippen molar-refractivity contribution in [3.05, 3.63) is 83.7 Å². The van der Waals surface area contributed by atoms with E-state index < -0.39 is 5.97 Å². The summed E-state index contributed by atoms with van der Waals surface area (Å²) in [6.45, 7) is 0. The second-order valence-corrected chi connectivity index (χ2v) is 10.00. The number of methoxy groups -OCH3 is 1. The number of rotatable bonds is 3. The van der Waals surface area contributed by atoms with Crippen LogP contribution >= 0.6 is 0 Å². The summed E-state index contributed by atoms with van der Waals surface area (Å²) >= 11 is 0. The molecule has 2 aliphatic heterocycles. The summed E-state index contributed by atoms with van der Waals surface area (Å²) in [6.07, 6.45) is 6.66. The average molecular weight is 519 g/mol. The fourth-order valence-electron chi connectivity index (χ4n) is 6.40. The maximum absolute atomic E-state index is 13.3. The fourth-order valence-corrected chi connectivity index (χ4v) is 6.40. The Morgan fingerprint density at radius 3 is 2.46 bits per heavy atom. The summed E-state index contributed by atoms with van der Waals surface area (Å²) < 4.78 is 7.09. The number of allylic oxidation sites excluding steroid dienone is 1. The number of carbonyl (C=O) groups excluding carboxylic acids is 3. The van der Waals surface area contributed by atoms with Gasteiger partial charge in [0.05, 0.1) is 47.6 Å². The Bertz CT molecular complexity index is 2000. The molecule has 0 fully saturated rings. The number of para-hydroxylation sites is 2. The minimum atomic E-state index is -0.450. The molecule has 0 saturated carbocycles. The van der Waals surface area contributed by atoms with Gasteiger partial charge < -0.3 is 14.3 Å². The number of ether oxygens (including phenoxy) is 1. The number of aromatic amines is 1. The predicted molar refractivity (Wildman–Crippen MR) is 145 cm³/mol. The van der Waals surface area contributed by atoms with Gasteiger partial charge in [-0.1, -0.05) is 48.6 Å². The van der Waals surface area contributed by atoms with E-state index in [-0.39, 0.29) is 23.9 Å². The Morgan fingerprint density at radius 2 is 1.64 bits per heavy atom. The molecule has 10 heteroatoms. The lowest BCUT2D eigenvalue weighted by Gasteiger charge is -2.24. The van der Waals surface area contributed by atoms with Crippen LogP contribution in [0.5, 0.6) is 0 Å². The van der Waals surface area contributed by atoms with Crippen LogP contribution in [0.15, 0.2) is 72.6 Å². The van der Waals surface area contributed by atoms with Crippen LogP contribution in [0.1, 0.15) is 33.2 Å². The number of nitrogens with zero attached hydrogens (tertiary/aromatic N) is 2. The van der Waals surface area contributed by atoms with Crippen LogP contribution in [0, 0.1) is 0 Å². The zero-order valence-electron chi connectivity index (χ0n) is 20.7. The van der Waals surface area contributed by atoms with Gasteiger partial charge in [0.15, 0.2) is 5.70 Å². The Hall–Kier alpha value is -5.09. The molecule has 4 N–H and O–H groups in total. The second-order valence-electron chi connectivity index (χ2n) is 10.00. The number of amides is 2. The summed E-state index contributed by atoms with van der Waals surface area (Å²) in [7, 11) is 1.34. The quantitative estimate of drug-likeness (QED) is 0.164. The Balaban J connectivity index is 1.39. The van der Waals surface area contributed by atoms with E-state index in [0.29, 0.717) is 23.2 Å². The largest absolute Gasteiger partial charge is 0.464 e. The van der Waals surface area contributed by atoms with Crippen LogP contribution < -0.4 is 16.3 Å². The van der Waals surface area contributed by atoms with Gasteiger partial charge >= 0.3 is 5.97 Å². The van der Waals surface area contributed by atoms with E-state index in [1.54, 1.807) is 6.20 Å². The summed E-state index contributed by atoms with van der Waals surface area (Å²) in [4.78, 5) is 41.9. The molecule has 2 unspecified atom stereocenters. The third-order valence-electron chi connectivity index (χ3n) is 8.01. The molecule has 10 nitrogen and oxygen atoms in total. The van der Waals surface area contributed by atoms with Gasteiger partial charge in [0, 0.05) is 32.6 Å². The van der Waals surface area contributed by atoms with Gasteiger partial charge in [-0.05, 0) is 18.6 Å². The van der Waals surface area contributed by atoms with Gasteiger partial charge in [-0.2, -0.15) is 0 Å². The lowest BCUT2D eigenvalue weighted by atomic mass is 9.96. The number of carbonyl (C=O) groups is 3. The van der Waals surface area contributed by atoms with Gasteiger partial charge in [-0.3, -0.25) is 25.3 Å². The highest BCUT2D eigenvalue weighted by Crippen LogP contribution is 2.45. The maximum Gasteiger partial charge on any atom is 0.357 e. The summed E-state index contributed by atoms with van der Waals surface area (Å²) in [5.41, 5.74) is 10.7. The topological polar surface area (TPSA) is 120 Å². The minimum Gasteiger partial charge on any atom is -0.464 e. The van der Waals surface area contributed by atoms with Crippen molar-refractivity contribution < 1.29 is 19.1 Å². The average Bonchev–Trinajstić information content (AvgIpc) is 3.76. The zero-order chi connectivity index (χ0) is 26.4. The van der Waals surface area contributed by atoms with E-state index in [9.17, 15) is 14.4 Å². The molecule has 2 aromatic heterocycles. The predicted octanol–water partition coefficient (Wildman–Crippen LogP) is 3.52. The number of H-pyrrole nitrogens is 1. The van der Waals surface area contributed by atoms with Crippen LogP contribution in [0.25, 0.3) is 43.6 Å². The monoisotopic (exact) mass is 518 g/mol. The molecular weight excluding hydrogens is 496 g/mol. The molecule has 2 amide bonds. The van der Waals surface area contributed by atoms with Crippen molar-refractivity contribution in [2.75, 3.05) is 7.11 Å². The van der Waals surface area contributed by atoms with E-state index in [1.165, 1.54) is 7.11 Å². The molecule has 192 valence electrons. The number of hydrogen-bond donors (Lipinski definition) is 4. The number of benzene rings is 3. The molecule has 0 radical (unpaired) electrons. The third-order valence-corrected chi connectivity index (χ3v) is 8.01. The van der Waals surface area contributed by atoms with Gasteiger partial charge in [-0.15, -0.1) is 5.53 Å². The number of imide groups is 1. The van der Waals surface area contributed by atoms with Crippen LogP contribution in [-0.2, 0) is 9.53 Å². The van der Waals surface area contributed by atoms with Gasteiger partial charge in [-0.25, -0.2) is 4.79 Å². The molecular formula is C29H22N6O4. The van der Waals surface area contributed by atoms with Crippen LogP contribution in [0.3, 0.4) is 0 Å². The molecule has 8 rings (SSSR count). The van der Waals surface area contributed by atoms with E-state index >= 15 is 0 Å². The lowest BCUT2D eigenvalue weighted by Crippen LogP contribution is -2.42. The first-order valence-electron chi connectivity index (χ1n) is 12.7. The standard InChI is InChI=1S/C29H22N6O4/c1-39-29(38)19-13-34(33-32-19)14-10-11-15(12-14)35-20-9-5-3-7-17(20)22-24-23(27(36)31-28(24)37)21-16-6-2-4-8-18(16)30-25(21)26(22)35/h2-11,13-15,30,32-33H,12H2,1H3,(H,31,36,37). The van der Waals surface area contributed by atoms with Gasteiger partial charge in [0.2, 0.25) is 0 Å². The molecule has 3 aromatic carbocycles. The number of aromatic nitrogens is 2. The van der Waals surface area contributed by atoms with Crippen molar-refractivity contribution in [3.63, 3.8) is 0 Å². The first-order valence-corrected chi connectivity index (χ1v) is 12.7. The SMILES string of the molecule is COC(=O)C1=CN(C2C=CC(n3c4ccccc4c4c5c(c6c7ccccc7[nH]c6c43)C(=O)NC5=O)C2)NN1. The van der Waals surface area contributed by atoms with Crippen molar-refractivity contribution in [1.29, 1.82) is 0 Å². The minimum absolute atomic E-state index is 0.0432. The van der Waals surface area contributed by atoms with Crippen LogP contribution in [0.4, 0.5) is 0 Å². The van der Waals surface area contributed by atoms with E-state index in [2.05, 4.69) is 44.0 Å². The Kier molecular flexibility index (Phi) is 4.34. The van der Waals surface area contributed by atoms with Crippen LogP contribution in [-0.4, -0.2) is 45.5 Å². The van der Waals surface area contributed by atoms with Gasteiger partial charge in [0.25, 0.3) is 11.8 Å².